The average Bonchev–Trinajstić information content (AvgIpc) is 2.13. The van der Waals surface area contributed by atoms with Crippen molar-refractivity contribution in [3.05, 3.63) is 35.4 Å². The van der Waals surface area contributed by atoms with Crippen molar-refractivity contribution in [2.75, 3.05) is 0 Å². The molecule has 0 nitrogen and oxygen atoms in total. The van der Waals surface area contributed by atoms with E-state index in [4.69, 9.17) is 34.8 Å². The third-order valence-electron chi connectivity index (χ3n) is 2.44. The number of rotatable bonds is 0. The summed E-state index contributed by atoms with van der Waals surface area (Å²) in [4.78, 5) is 0. The molecule has 0 saturated heterocycles. The number of benzene rings is 1. The lowest BCUT2D eigenvalue weighted by molar-refractivity contribution is 0.634. The molecule has 1 unspecified atom stereocenters. The van der Waals surface area contributed by atoms with E-state index in [9.17, 15) is 0 Å². The van der Waals surface area contributed by atoms with Crippen LogP contribution in [0.15, 0.2) is 24.3 Å². The summed E-state index contributed by atoms with van der Waals surface area (Å²) in [5, 5.41) is -0.189. The van der Waals surface area contributed by atoms with Crippen LogP contribution in [0, 0.1) is 0 Å². The van der Waals surface area contributed by atoms with Crippen molar-refractivity contribution < 1.29 is 0 Å². The maximum Gasteiger partial charge on any atom is 0.159 e. The molecule has 1 aromatic rings. The first kappa shape index (κ1) is 9.64. The lowest BCUT2D eigenvalue weighted by atomic mass is 9.91. The van der Waals surface area contributed by atoms with Crippen molar-refractivity contribution in [2.24, 2.45) is 0 Å². The quantitative estimate of drug-likeness (QED) is 0.599. The van der Waals surface area contributed by atoms with E-state index in [0.717, 1.165) is 18.4 Å². The summed E-state index contributed by atoms with van der Waals surface area (Å²) in [5.74, 6) is 0. The molecule has 70 valence electrons. The van der Waals surface area contributed by atoms with Crippen LogP contribution in [0.3, 0.4) is 0 Å². The van der Waals surface area contributed by atoms with Crippen LogP contribution in [-0.4, -0.2) is 5.38 Å². The maximum atomic E-state index is 6.19. The molecule has 0 aromatic heterocycles. The van der Waals surface area contributed by atoms with Crippen LogP contribution in [0.2, 0.25) is 0 Å². The molecule has 0 radical (unpaired) electrons. The van der Waals surface area contributed by atoms with E-state index in [2.05, 4.69) is 6.07 Å². The van der Waals surface area contributed by atoms with Gasteiger partial charge in [-0.15, -0.1) is 11.6 Å². The first-order valence-corrected chi connectivity index (χ1v) is 5.42. The molecule has 0 heterocycles. The van der Waals surface area contributed by atoms with Gasteiger partial charge in [0.25, 0.3) is 0 Å². The Bertz CT molecular complexity index is 320. The molecule has 0 N–H and O–H groups in total. The fourth-order valence-corrected chi connectivity index (χ4v) is 2.51. The number of hydrogen-bond acceptors (Lipinski definition) is 0. The summed E-state index contributed by atoms with van der Waals surface area (Å²) in [6.07, 6.45) is 1.80. The molecule has 0 saturated carbocycles. The van der Waals surface area contributed by atoms with E-state index in [1.165, 1.54) is 5.56 Å². The van der Waals surface area contributed by atoms with Crippen LogP contribution in [0.25, 0.3) is 0 Å². The molecule has 0 fully saturated rings. The highest BCUT2D eigenvalue weighted by atomic mass is 35.5. The zero-order valence-electron chi connectivity index (χ0n) is 6.93. The van der Waals surface area contributed by atoms with Gasteiger partial charge < -0.3 is 0 Å². The lowest BCUT2D eigenvalue weighted by Gasteiger charge is -2.32. The van der Waals surface area contributed by atoms with E-state index >= 15 is 0 Å². The second kappa shape index (κ2) is 3.34. The van der Waals surface area contributed by atoms with Crippen LogP contribution in [0.5, 0.6) is 0 Å². The molecule has 0 aliphatic heterocycles. The standard InChI is InChI=1S/C10H9Cl3/c11-9-6-5-7-3-1-2-4-8(7)10(9,12)13/h1-4,9H,5-6H2. The van der Waals surface area contributed by atoms with Crippen LogP contribution >= 0.6 is 34.8 Å². The van der Waals surface area contributed by atoms with Crippen molar-refractivity contribution in [3.8, 4) is 0 Å². The van der Waals surface area contributed by atoms with E-state index in [1.807, 2.05) is 18.2 Å². The lowest BCUT2D eigenvalue weighted by Crippen LogP contribution is -2.30. The second-order valence-electron chi connectivity index (χ2n) is 3.29. The Labute approximate surface area is 92.8 Å². The highest BCUT2D eigenvalue weighted by molar-refractivity contribution is 6.52. The number of halogens is 3. The normalized spacial score (nSPS) is 25.3. The van der Waals surface area contributed by atoms with Crippen LogP contribution < -0.4 is 0 Å². The monoisotopic (exact) mass is 234 g/mol. The van der Waals surface area contributed by atoms with Gasteiger partial charge in [0.15, 0.2) is 4.33 Å². The number of fused-ring (bicyclic) bond motifs is 1. The van der Waals surface area contributed by atoms with Gasteiger partial charge in [0.05, 0.1) is 5.38 Å². The van der Waals surface area contributed by atoms with Gasteiger partial charge in [0, 0.05) is 0 Å². The highest BCUT2D eigenvalue weighted by Gasteiger charge is 2.39. The van der Waals surface area contributed by atoms with Gasteiger partial charge in [0.1, 0.15) is 0 Å². The summed E-state index contributed by atoms with van der Waals surface area (Å²) in [7, 11) is 0. The molecule has 13 heavy (non-hydrogen) atoms. The molecule has 0 spiro atoms. The van der Waals surface area contributed by atoms with Gasteiger partial charge >= 0.3 is 0 Å². The summed E-state index contributed by atoms with van der Waals surface area (Å²) in [5.41, 5.74) is 2.17. The molecule has 1 aliphatic rings. The smallest absolute Gasteiger partial charge is 0.119 e. The Morgan fingerprint density at radius 2 is 1.92 bits per heavy atom. The third-order valence-corrected chi connectivity index (χ3v) is 4.14. The number of hydrogen-bond donors (Lipinski definition) is 0. The Balaban J connectivity index is 2.52. The molecule has 0 bridgehead atoms. The predicted octanol–water partition coefficient (Wildman–Crippen LogP) is 3.87. The Morgan fingerprint density at radius 3 is 2.69 bits per heavy atom. The first-order valence-electron chi connectivity index (χ1n) is 4.22. The van der Waals surface area contributed by atoms with Gasteiger partial charge in [-0.2, -0.15) is 0 Å². The molecule has 1 aromatic carbocycles. The largest absolute Gasteiger partial charge is 0.159 e. The molecule has 3 heteroatoms. The average molecular weight is 236 g/mol. The second-order valence-corrected chi connectivity index (χ2v) is 5.20. The van der Waals surface area contributed by atoms with Crippen LogP contribution in [0.4, 0.5) is 0 Å². The highest BCUT2D eigenvalue weighted by Crippen LogP contribution is 2.46. The van der Waals surface area contributed by atoms with Gasteiger partial charge in [0.2, 0.25) is 0 Å². The minimum atomic E-state index is -0.920. The zero-order chi connectivity index (χ0) is 9.47. The van der Waals surface area contributed by atoms with Crippen molar-refractivity contribution >= 4 is 34.8 Å². The molecule has 0 amide bonds. The molecular formula is C10H9Cl3. The Morgan fingerprint density at radius 1 is 1.23 bits per heavy atom. The molecular weight excluding hydrogens is 226 g/mol. The molecule has 1 atom stereocenters. The fourth-order valence-electron chi connectivity index (χ4n) is 1.70. The number of alkyl halides is 3. The van der Waals surface area contributed by atoms with Crippen molar-refractivity contribution in [1.29, 1.82) is 0 Å². The minimum absolute atomic E-state index is 0.189. The van der Waals surface area contributed by atoms with E-state index in [0.29, 0.717) is 0 Å². The topological polar surface area (TPSA) is 0 Å². The van der Waals surface area contributed by atoms with Crippen molar-refractivity contribution in [1.82, 2.24) is 0 Å². The fraction of sp³-hybridized carbons (Fsp3) is 0.400. The van der Waals surface area contributed by atoms with Crippen molar-refractivity contribution in [2.45, 2.75) is 22.6 Å². The van der Waals surface area contributed by atoms with Crippen LogP contribution in [-0.2, 0) is 10.8 Å². The van der Waals surface area contributed by atoms with Gasteiger partial charge in [-0.3, -0.25) is 0 Å². The Hall–Kier alpha value is 0.0900. The summed E-state index contributed by atoms with van der Waals surface area (Å²) < 4.78 is -0.920. The van der Waals surface area contributed by atoms with E-state index in [1.54, 1.807) is 0 Å². The van der Waals surface area contributed by atoms with Crippen LogP contribution in [0.1, 0.15) is 17.5 Å². The third kappa shape index (κ3) is 1.56. The minimum Gasteiger partial charge on any atom is -0.119 e. The molecule has 1 aliphatic carbocycles. The summed E-state index contributed by atoms with van der Waals surface area (Å²) in [6, 6.07) is 7.94. The Kier molecular flexibility index (Phi) is 2.48. The van der Waals surface area contributed by atoms with E-state index < -0.39 is 4.33 Å². The van der Waals surface area contributed by atoms with Gasteiger partial charge in [-0.05, 0) is 24.0 Å². The first-order chi connectivity index (χ1) is 6.12. The summed E-state index contributed by atoms with van der Waals surface area (Å²) in [6.45, 7) is 0. The maximum absolute atomic E-state index is 6.19. The number of aryl methyl sites for hydroxylation is 1. The van der Waals surface area contributed by atoms with Gasteiger partial charge in [-0.25, -0.2) is 0 Å². The predicted molar refractivity (Wildman–Crippen MR) is 57.8 cm³/mol. The zero-order valence-corrected chi connectivity index (χ0v) is 9.20. The van der Waals surface area contributed by atoms with Gasteiger partial charge in [-0.1, -0.05) is 47.5 Å². The summed E-state index contributed by atoms with van der Waals surface area (Å²) >= 11 is 18.4. The SMILES string of the molecule is ClC1CCc2ccccc2C1(Cl)Cl. The molecule has 2 rings (SSSR count). The van der Waals surface area contributed by atoms with E-state index in [-0.39, 0.29) is 5.38 Å². The van der Waals surface area contributed by atoms with Crippen molar-refractivity contribution in [3.63, 3.8) is 0 Å².